The summed E-state index contributed by atoms with van der Waals surface area (Å²) in [5.74, 6) is 2.05. The number of ether oxygens (including phenoxy) is 2. The van der Waals surface area contributed by atoms with Crippen LogP contribution in [-0.2, 0) is 11.2 Å². The minimum absolute atomic E-state index is 0.00415. The predicted octanol–water partition coefficient (Wildman–Crippen LogP) is 2.91. The summed E-state index contributed by atoms with van der Waals surface area (Å²) in [6.07, 6.45) is 3.10. The fraction of sp³-hybridized carbons (Fsp3) is 0.391. The van der Waals surface area contributed by atoms with E-state index < -0.39 is 0 Å². The maximum Gasteiger partial charge on any atom is 0.244 e. The fourth-order valence-electron chi connectivity index (χ4n) is 3.68. The number of nitrogens with one attached hydrogen (secondary N) is 1. The van der Waals surface area contributed by atoms with Crippen LogP contribution < -0.4 is 20.5 Å². The Kier molecular flexibility index (Phi) is 7.54. The van der Waals surface area contributed by atoms with Gasteiger partial charge >= 0.3 is 0 Å². The number of hydrogen-bond acceptors (Lipinski definition) is 4. The Morgan fingerprint density at radius 3 is 2.53 bits per heavy atom. The lowest BCUT2D eigenvalue weighted by molar-refractivity contribution is -0.130. The molecule has 160 valence electrons. The van der Waals surface area contributed by atoms with E-state index in [1.54, 1.807) is 32.4 Å². The first-order valence-electron chi connectivity index (χ1n) is 10.2. The van der Waals surface area contributed by atoms with Crippen molar-refractivity contribution in [3.05, 3.63) is 54.1 Å². The molecule has 0 spiro atoms. The highest BCUT2D eigenvalue weighted by atomic mass is 16.5. The number of aliphatic imine (C=N–C) groups is 1. The second-order valence-electron chi connectivity index (χ2n) is 7.41. The summed E-state index contributed by atoms with van der Waals surface area (Å²) < 4.78 is 10.5. The summed E-state index contributed by atoms with van der Waals surface area (Å²) in [5, 5.41) is 2.98. The van der Waals surface area contributed by atoms with Crippen molar-refractivity contribution in [1.82, 2.24) is 4.90 Å². The van der Waals surface area contributed by atoms with E-state index in [0.717, 1.165) is 32.4 Å². The average Bonchev–Trinajstić information content (AvgIpc) is 2.78. The lowest BCUT2D eigenvalue weighted by atomic mass is 9.90. The number of methoxy groups -OCH3 is 2. The second-order valence-corrected chi connectivity index (χ2v) is 7.41. The molecular weight excluding hydrogens is 380 g/mol. The molecule has 2 aromatic carbocycles. The number of rotatable bonds is 7. The van der Waals surface area contributed by atoms with Crippen LogP contribution in [0.25, 0.3) is 0 Å². The second kappa shape index (κ2) is 10.5. The molecule has 0 unspecified atom stereocenters. The van der Waals surface area contributed by atoms with Gasteiger partial charge < -0.3 is 25.4 Å². The molecule has 3 N–H and O–H groups in total. The fourth-order valence-corrected chi connectivity index (χ4v) is 3.68. The monoisotopic (exact) mass is 410 g/mol. The summed E-state index contributed by atoms with van der Waals surface area (Å²) in [6.45, 7) is 1.56. The lowest BCUT2D eigenvalue weighted by Crippen LogP contribution is -2.40. The van der Waals surface area contributed by atoms with Crippen LogP contribution in [0.1, 0.15) is 18.4 Å². The molecule has 0 radical (unpaired) electrons. The molecule has 30 heavy (non-hydrogen) atoms. The molecule has 2 aromatic rings. The van der Waals surface area contributed by atoms with Gasteiger partial charge in [0.15, 0.2) is 5.96 Å². The predicted molar refractivity (Wildman–Crippen MR) is 119 cm³/mol. The van der Waals surface area contributed by atoms with Gasteiger partial charge in [-0.3, -0.25) is 4.79 Å². The van der Waals surface area contributed by atoms with Gasteiger partial charge in [0.1, 0.15) is 18.0 Å². The van der Waals surface area contributed by atoms with Crippen LogP contribution in [0, 0.1) is 5.92 Å². The number of anilines is 1. The van der Waals surface area contributed by atoms with Gasteiger partial charge in [0.05, 0.1) is 19.9 Å². The largest absolute Gasteiger partial charge is 0.497 e. The Morgan fingerprint density at radius 2 is 1.87 bits per heavy atom. The Labute approximate surface area is 177 Å². The van der Waals surface area contributed by atoms with Gasteiger partial charge in [0.2, 0.25) is 5.91 Å². The van der Waals surface area contributed by atoms with Crippen LogP contribution in [-0.4, -0.2) is 50.6 Å². The molecule has 1 heterocycles. The van der Waals surface area contributed by atoms with Gasteiger partial charge in [-0.05, 0) is 42.9 Å². The number of benzene rings is 2. The van der Waals surface area contributed by atoms with Gasteiger partial charge in [0, 0.05) is 19.2 Å². The minimum atomic E-state index is -0.00415. The molecule has 0 saturated carbocycles. The topological polar surface area (TPSA) is 89.2 Å². The van der Waals surface area contributed by atoms with E-state index in [0.29, 0.717) is 23.1 Å². The zero-order valence-corrected chi connectivity index (χ0v) is 17.6. The minimum Gasteiger partial charge on any atom is -0.497 e. The lowest BCUT2D eigenvalue weighted by Gasteiger charge is -2.31. The maximum absolute atomic E-state index is 12.5. The van der Waals surface area contributed by atoms with Crippen LogP contribution in [0.3, 0.4) is 0 Å². The SMILES string of the molecule is COc1ccc(OC)c(NC(N)=NCC(=O)N2CCC(Cc3ccccc3)CC2)c1. The van der Waals surface area contributed by atoms with Crippen molar-refractivity contribution in [2.75, 3.05) is 39.2 Å². The van der Waals surface area contributed by atoms with E-state index in [1.807, 2.05) is 11.0 Å². The van der Waals surface area contributed by atoms with Crippen LogP contribution in [0.4, 0.5) is 5.69 Å². The van der Waals surface area contributed by atoms with E-state index in [9.17, 15) is 4.79 Å². The Morgan fingerprint density at radius 1 is 1.13 bits per heavy atom. The Balaban J connectivity index is 1.49. The molecule has 1 amide bonds. The van der Waals surface area contributed by atoms with Crippen LogP contribution in [0.2, 0.25) is 0 Å². The van der Waals surface area contributed by atoms with Crippen molar-refractivity contribution in [2.45, 2.75) is 19.3 Å². The Hall–Kier alpha value is -3.22. The number of nitrogens with zero attached hydrogens (tertiary/aromatic N) is 2. The normalized spacial score (nSPS) is 15.0. The summed E-state index contributed by atoms with van der Waals surface area (Å²) >= 11 is 0. The highest BCUT2D eigenvalue weighted by Crippen LogP contribution is 2.28. The van der Waals surface area contributed by atoms with E-state index >= 15 is 0 Å². The molecule has 0 atom stereocenters. The number of hydrogen-bond donors (Lipinski definition) is 2. The molecule has 7 nitrogen and oxygen atoms in total. The highest BCUT2D eigenvalue weighted by Gasteiger charge is 2.22. The molecule has 1 aliphatic heterocycles. The number of piperidine rings is 1. The van der Waals surface area contributed by atoms with E-state index in [2.05, 4.69) is 34.6 Å². The number of carbonyl (C=O) groups is 1. The molecule has 3 rings (SSSR count). The molecule has 7 heteroatoms. The van der Waals surface area contributed by atoms with E-state index in [1.165, 1.54) is 5.56 Å². The van der Waals surface area contributed by atoms with Gasteiger partial charge in [0.25, 0.3) is 0 Å². The van der Waals surface area contributed by atoms with Crippen molar-refractivity contribution in [3.63, 3.8) is 0 Å². The van der Waals surface area contributed by atoms with E-state index in [4.69, 9.17) is 15.2 Å². The summed E-state index contributed by atoms with van der Waals surface area (Å²) in [6, 6.07) is 15.9. The first kappa shape index (κ1) is 21.5. The molecule has 0 aliphatic carbocycles. The van der Waals surface area contributed by atoms with Crippen molar-refractivity contribution in [3.8, 4) is 11.5 Å². The molecule has 1 aliphatic rings. The van der Waals surface area contributed by atoms with Gasteiger partial charge in [-0.2, -0.15) is 0 Å². The van der Waals surface area contributed by atoms with Gasteiger partial charge in [-0.25, -0.2) is 4.99 Å². The van der Waals surface area contributed by atoms with E-state index in [-0.39, 0.29) is 18.4 Å². The van der Waals surface area contributed by atoms with Gasteiger partial charge in [-0.15, -0.1) is 0 Å². The molecular formula is C23H30N4O3. The van der Waals surface area contributed by atoms with Crippen molar-refractivity contribution >= 4 is 17.6 Å². The standard InChI is InChI=1S/C23H30N4O3/c1-29-19-8-9-21(30-2)20(15-19)26-23(24)25-16-22(28)27-12-10-18(11-13-27)14-17-6-4-3-5-7-17/h3-9,15,18H,10-14,16H2,1-2H3,(H3,24,25,26). The van der Waals surface area contributed by atoms with Crippen molar-refractivity contribution in [2.24, 2.45) is 16.6 Å². The smallest absolute Gasteiger partial charge is 0.244 e. The third-order valence-electron chi connectivity index (χ3n) is 5.39. The van der Waals surface area contributed by atoms with Crippen LogP contribution in [0.15, 0.2) is 53.5 Å². The average molecular weight is 411 g/mol. The summed E-state index contributed by atoms with van der Waals surface area (Å²) in [4.78, 5) is 18.6. The first-order valence-corrected chi connectivity index (χ1v) is 10.2. The zero-order chi connectivity index (χ0) is 21.3. The number of guanidine groups is 1. The third kappa shape index (κ3) is 5.89. The molecule has 1 fully saturated rings. The zero-order valence-electron chi connectivity index (χ0n) is 17.6. The Bertz CT molecular complexity index is 862. The summed E-state index contributed by atoms with van der Waals surface area (Å²) in [7, 11) is 3.16. The number of carbonyl (C=O) groups excluding carboxylic acids is 1. The number of likely N-dealkylation sites (tertiary alicyclic amines) is 1. The van der Waals surface area contributed by atoms with Crippen molar-refractivity contribution in [1.29, 1.82) is 0 Å². The highest BCUT2D eigenvalue weighted by molar-refractivity contribution is 5.95. The molecule has 0 aromatic heterocycles. The van der Waals surface area contributed by atoms with Crippen molar-refractivity contribution < 1.29 is 14.3 Å². The number of nitrogens with two attached hydrogens (primary N) is 1. The molecule has 1 saturated heterocycles. The maximum atomic E-state index is 12.5. The van der Waals surface area contributed by atoms with Crippen LogP contribution >= 0.6 is 0 Å². The third-order valence-corrected chi connectivity index (χ3v) is 5.39. The first-order chi connectivity index (χ1) is 14.6. The van der Waals surface area contributed by atoms with Gasteiger partial charge in [-0.1, -0.05) is 30.3 Å². The summed E-state index contributed by atoms with van der Waals surface area (Å²) in [5.41, 5.74) is 7.97. The van der Waals surface area contributed by atoms with Crippen LogP contribution in [0.5, 0.6) is 11.5 Å². The molecule has 0 bridgehead atoms. The number of amides is 1. The quantitative estimate of drug-likeness (QED) is 0.541.